The maximum atomic E-state index is 11.8. The second-order valence-corrected chi connectivity index (χ2v) is 4.37. The third-order valence-corrected chi connectivity index (χ3v) is 3.16. The molecule has 2 N–H and O–H groups in total. The lowest BCUT2D eigenvalue weighted by Gasteiger charge is -2.43. The third kappa shape index (κ3) is 3.42. The van der Waals surface area contributed by atoms with Crippen molar-refractivity contribution in [3.05, 3.63) is 24.5 Å². The minimum atomic E-state index is -0.242. The van der Waals surface area contributed by atoms with Crippen molar-refractivity contribution in [1.82, 2.24) is 10.3 Å². The van der Waals surface area contributed by atoms with Crippen LogP contribution in [-0.2, 0) is 9.47 Å². The van der Waals surface area contributed by atoms with Gasteiger partial charge in [-0.2, -0.15) is 0 Å². The zero-order valence-corrected chi connectivity index (χ0v) is 11.1. The normalized spacial score (nSPS) is 25.5. The molecule has 0 radical (unpaired) electrons. The fourth-order valence-corrected chi connectivity index (χ4v) is 2.19. The van der Waals surface area contributed by atoms with Crippen molar-refractivity contribution in [2.75, 3.05) is 19.0 Å². The van der Waals surface area contributed by atoms with Gasteiger partial charge < -0.3 is 20.1 Å². The molecule has 1 aromatic heterocycles. The topological polar surface area (TPSA) is 72.5 Å². The number of anilines is 1. The highest BCUT2D eigenvalue weighted by Gasteiger charge is 2.42. The van der Waals surface area contributed by atoms with Crippen molar-refractivity contribution in [2.24, 2.45) is 0 Å². The molecule has 1 heterocycles. The molecule has 1 aromatic rings. The minimum absolute atomic E-state index is 0.0108. The van der Waals surface area contributed by atoms with Gasteiger partial charge in [-0.15, -0.1) is 0 Å². The number of pyridine rings is 1. The molecule has 0 aromatic carbocycles. The second-order valence-electron chi connectivity index (χ2n) is 4.37. The molecule has 1 fully saturated rings. The molecule has 2 amide bonds. The van der Waals surface area contributed by atoms with Gasteiger partial charge in [-0.1, -0.05) is 0 Å². The minimum Gasteiger partial charge on any atom is -0.377 e. The monoisotopic (exact) mass is 265 g/mol. The summed E-state index contributed by atoms with van der Waals surface area (Å²) >= 11 is 0. The van der Waals surface area contributed by atoms with Gasteiger partial charge in [0, 0.05) is 31.8 Å². The van der Waals surface area contributed by atoms with E-state index in [1.807, 2.05) is 6.92 Å². The van der Waals surface area contributed by atoms with E-state index in [0.29, 0.717) is 12.3 Å². The molecule has 2 rings (SSSR count). The number of aromatic nitrogens is 1. The number of hydrogen-bond donors (Lipinski definition) is 2. The Bertz CT molecular complexity index is 413. The van der Waals surface area contributed by atoms with Crippen molar-refractivity contribution >= 4 is 11.7 Å². The van der Waals surface area contributed by atoms with E-state index in [-0.39, 0.29) is 24.3 Å². The SMILES string of the molecule is CCO[C@@H]1C[C@H](NC(=O)Nc2ccncc2)[C@H]1OC. The summed E-state index contributed by atoms with van der Waals surface area (Å²) in [7, 11) is 1.63. The Kier molecular flexibility index (Phi) is 4.70. The molecule has 0 spiro atoms. The molecule has 1 aliphatic rings. The van der Waals surface area contributed by atoms with Crippen LogP contribution >= 0.6 is 0 Å². The summed E-state index contributed by atoms with van der Waals surface area (Å²) in [6, 6.07) is 3.21. The van der Waals surface area contributed by atoms with Crippen LogP contribution in [-0.4, -0.2) is 43.0 Å². The summed E-state index contributed by atoms with van der Waals surface area (Å²) in [6.45, 7) is 2.60. The number of ether oxygens (including phenoxy) is 2. The lowest BCUT2D eigenvalue weighted by Crippen LogP contribution is -2.61. The number of methoxy groups -OCH3 is 1. The first-order valence-corrected chi connectivity index (χ1v) is 6.36. The average Bonchev–Trinajstić information content (AvgIpc) is 2.39. The van der Waals surface area contributed by atoms with Gasteiger partial charge in [-0.25, -0.2) is 4.79 Å². The largest absolute Gasteiger partial charge is 0.377 e. The summed E-state index contributed by atoms with van der Waals surface area (Å²) < 4.78 is 10.8. The van der Waals surface area contributed by atoms with Gasteiger partial charge in [-0.3, -0.25) is 4.98 Å². The van der Waals surface area contributed by atoms with Crippen LogP contribution in [0.4, 0.5) is 10.5 Å². The fourth-order valence-electron chi connectivity index (χ4n) is 2.19. The Morgan fingerprint density at radius 3 is 2.84 bits per heavy atom. The van der Waals surface area contributed by atoms with Crippen LogP contribution in [0.15, 0.2) is 24.5 Å². The molecule has 1 aliphatic carbocycles. The number of amides is 2. The molecule has 104 valence electrons. The van der Waals surface area contributed by atoms with Crippen LogP contribution in [0.5, 0.6) is 0 Å². The molecule has 6 heteroatoms. The molecule has 0 saturated heterocycles. The Balaban J connectivity index is 1.80. The van der Waals surface area contributed by atoms with Gasteiger partial charge in [0.2, 0.25) is 0 Å². The number of urea groups is 1. The van der Waals surface area contributed by atoms with E-state index in [2.05, 4.69) is 15.6 Å². The quantitative estimate of drug-likeness (QED) is 0.844. The van der Waals surface area contributed by atoms with E-state index in [1.165, 1.54) is 0 Å². The molecule has 1 saturated carbocycles. The number of hydrogen-bond acceptors (Lipinski definition) is 4. The number of nitrogens with zero attached hydrogens (tertiary/aromatic N) is 1. The average molecular weight is 265 g/mol. The Labute approximate surface area is 112 Å². The lowest BCUT2D eigenvalue weighted by molar-refractivity contribution is -0.128. The van der Waals surface area contributed by atoms with Crippen LogP contribution in [0.1, 0.15) is 13.3 Å². The van der Waals surface area contributed by atoms with Crippen LogP contribution in [0.2, 0.25) is 0 Å². The van der Waals surface area contributed by atoms with Crippen LogP contribution in [0.25, 0.3) is 0 Å². The molecule has 3 atom stereocenters. The maximum absolute atomic E-state index is 11.8. The zero-order valence-electron chi connectivity index (χ0n) is 11.1. The van der Waals surface area contributed by atoms with Crippen LogP contribution in [0, 0.1) is 0 Å². The van der Waals surface area contributed by atoms with E-state index < -0.39 is 0 Å². The standard InChI is InChI=1S/C13H19N3O3/c1-3-19-11-8-10(12(11)18-2)16-13(17)15-9-4-6-14-7-5-9/h4-7,10-12H,3,8H2,1-2H3,(H2,14,15,16,17)/t10-,11+,12+/m0/s1. The molecular formula is C13H19N3O3. The zero-order chi connectivity index (χ0) is 13.7. The second kappa shape index (κ2) is 6.49. The number of carbonyl (C=O) groups is 1. The summed E-state index contributed by atoms with van der Waals surface area (Å²) in [5.74, 6) is 0. The lowest BCUT2D eigenvalue weighted by atomic mass is 9.85. The number of rotatable bonds is 5. The van der Waals surface area contributed by atoms with E-state index in [4.69, 9.17) is 9.47 Å². The van der Waals surface area contributed by atoms with Crippen molar-refractivity contribution in [3.8, 4) is 0 Å². The Morgan fingerprint density at radius 1 is 1.47 bits per heavy atom. The van der Waals surface area contributed by atoms with Crippen molar-refractivity contribution < 1.29 is 14.3 Å². The number of carbonyl (C=O) groups excluding carboxylic acids is 1. The molecule has 0 unspecified atom stereocenters. The van der Waals surface area contributed by atoms with Gasteiger partial charge in [0.25, 0.3) is 0 Å². The van der Waals surface area contributed by atoms with Crippen molar-refractivity contribution in [3.63, 3.8) is 0 Å². The molecule has 6 nitrogen and oxygen atoms in total. The molecule has 19 heavy (non-hydrogen) atoms. The predicted molar refractivity (Wildman–Crippen MR) is 71.0 cm³/mol. The first kappa shape index (κ1) is 13.8. The van der Waals surface area contributed by atoms with Crippen molar-refractivity contribution in [2.45, 2.75) is 31.6 Å². The van der Waals surface area contributed by atoms with Gasteiger partial charge in [0.1, 0.15) is 6.10 Å². The Morgan fingerprint density at radius 2 is 2.21 bits per heavy atom. The maximum Gasteiger partial charge on any atom is 0.319 e. The summed E-state index contributed by atoms with van der Waals surface area (Å²) in [5.41, 5.74) is 0.710. The molecule has 0 bridgehead atoms. The van der Waals surface area contributed by atoms with E-state index in [9.17, 15) is 4.79 Å². The van der Waals surface area contributed by atoms with Gasteiger partial charge in [0.05, 0.1) is 12.1 Å². The first-order valence-electron chi connectivity index (χ1n) is 6.36. The smallest absolute Gasteiger partial charge is 0.319 e. The predicted octanol–water partition coefficient (Wildman–Crippen LogP) is 1.40. The van der Waals surface area contributed by atoms with Gasteiger partial charge >= 0.3 is 6.03 Å². The number of nitrogens with one attached hydrogen (secondary N) is 2. The third-order valence-electron chi connectivity index (χ3n) is 3.16. The van der Waals surface area contributed by atoms with Crippen LogP contribution in [0.3, 0.4) is 0 Å². The van der Waals surface area contributed by atoms with Crippen molar-refractivity contribution in [1.29, 1.82) is 0 Å². The highest BCUT2D eigenvalue weighted by molar-refractivity contribution is 5.89. The van der Waals surface area contributed by atoms with Gasteiger partial charge in [-0.05, 0) is 25.5 Å². The summed E-state index contributed by atoms with van der Waals surface area (Å²) in [6.07, 6.45) is 4.02. The summed E-state index contributed by atoms with van der Waals surface area (Å²) in [5, 5.41) is 5.62. The Hall–Kier alpha value is -1.66. The van der Waals surface area contributed by atoms with E-state index >= 15 is 0 Å². The highest BCUT2D eigenvalue weighted by atomic mass is 16.5. The fraction of sp³-hybridized carbons (Fsp3) is 0.538. The van der Waals surface area contributed by atoms with Gasteiger partial charge in [0.15, 0.2) is 0 Å². The van der Waals surface area contributed by atoms with E-state index in [1.54, 1.807) is 31.6 Å². The molecule has 0 aliphatic heterocycles. The highest BCUT2D eigenvalue weighted by Crippen LogP contribution is 2.26. The summed E-state index contributed by atoms with van der Waals surface area (Å²) in [4.78, 5) is 15.7. The van der Waals surface area contributed by atoms with E-state index in [0.717, 1.165) is 6.42 Å². The molecular weight excluding hydrogens is 246 g/mol. The first-order chi connectivity index (χ1) is 9.24. The van der Waals surface area contributed by atoms with Crippen LogP contribution < -0.4 is 10.6 Å².